The van der Waals surface area contributed by atoms with Crippen molar-refractivity contribution in [3.63, 3.8) is 0 Å². The predicted molar refractivity (Wildman–Crippen MR) is 125 cm³/mol. The Labute approximate surface area is 189 Å². The number of carbonyl (C=O) groups excluding carboxylic acids is 2. The average Bonchev–Trinajstić information content (AvgIpc) is 3.36. The first kappa shape index (κ1) is 21.8. The van der Waals surface area contributed by atoms with Gasteiger partial charge in [0.1, 0.15) is 0 Å². The molecule has 2 aromatic carbocycles. The second-order valence-electron chi connectivity index (χ2n) is 8.30. The molecule has 32 heavy (non-hydrogen) atoms. The van der Waals surface area contributed by atoms with Crippen molar-refractivity contribution in [3.05, 3.63) is 78.1 Å². The maximum atomic E-state index is 13.3. The molecule has 1 fully saturated rings. The van der Waals surface area contributed by atoms with Crippen LogP contribution >= 0.6 is 0 Å². The monoisotopic (exact) mass is 430 g/mol. The maximum Gasteiger partial charge on any atom is 0.254 e. The number of hydrogen-bond donors (Lipinski definition) is 1. The van der Waals surface area contributed by atoms with Crippen molar-refractivity contribution < 1.29 is 9.59 Å². The first-order chi connectivity index (χ1) is 15.7. The van der Waals surface area contributed by atoms with E-state index in [0.29, 0.717) is 44.6 Å². The highest BCUT2D eigenvalue weighted by Gasteiger charge is 2.28. The van der Waals surface area contributed by atoms with Crippen LogP contribution in [0.4, 0.5) is 0 Å². The summed E-state index contributed by atoms with van der Waals surface area (Å²) < 4.78 is 1.89. The Morgan fingerprint density at radius 1 is 1.03 bits per heavy atom. The van der Waals surface area contributed by atoms with Crippen LogP contribution in [-0.4, -0.2) is 46.1 Å². The van der Waals surface area contributed by atoms with Gasteiger partial charge in [-0.05, 0) is 48.1 Å². The molecular formula is C26H30N4O2. The fraction of sp³-hybridized carbons (Fsp3) is 0.346. The van der Waals surface area contributed by atoms with Gasteiger partial charge in [0, 0.05) is 43.5 Å². The Kier molecular flexibility index (Phi) is 7.00. The van der Waals surface area contributed by atoms with E-state index >= 15 is 0 Å². The molecule has 0 atom stereocenters. The number of rotatable bonds is 7. The molecule has 1 N–H and O–H groups in total. The van der Waals surface area contributed by atoms with E-state index in [-0.39, 0.29) is 17.7 Å². The molecule has 6 heteroatoms. The Bertz CT molecular complexity index is 1040. The number of nitrogens with zero attached hydrogens (tertiary/aromatic N) is 3. The summed E-state index contributed by atoms with van der Waals surface area (Å²) in [5.41, 5.74) is 3.82. The van der Waals surface area contributed by atoms with Crippen molar-refractivity contribution >= 4 is 11.8 Å². The third-order valence-electron chi connectivity index (χ3n) is 6.03. The molecule has 0 saturated carbocycles. The SMILES string of the molecule is CCCNC(=O)C1CCN(C(=O)c2ccccc2-c2ccc(Cn3cccn3)cc2)CC1. The van der Waals surface area contributed by atoms with Crippen molar-refractivity contribution in [1.29, 1.82) is 0 Å². The third-order valence-corrected chi connectivity index (χ3v) is 6.03. The Morgan fingerprint density at radius 3 is 2.47 bits per heavy atom. The highest BCUT2D eigenvalue weighted by atomic mass is 16.2. The molecule has 0 aliphatic carbocycles. The number of benzene rings is 2. The summed E-state index contributed by atoms with van der Waals surface area (Å²) in [6.07, 6.45) is 6.08. The third kappa shape index (κ3) is 5.07. The highest BCUT2D eigenvalue weighted by molar-refractivity contribution is 6.01. The molecule has 4 rings (SSSR count). The predicted octanol–water partition coefficient (Wildman–Crippen LogP) is 3.98. The second-order valence-corrected chi connectivity index (χ2v) is 8.30. The zero-order valence-electron chi connectivity index (χ0n) is 18.5. The smallest absolute Gasteiger partial charge is 0.254 e. The van der Waals surface area contributed by atoms with Crippen molar-refractivity contribution in [2.45, 2.75) is 32.7 Å². The number of amides is 2. The average molecular weight is 431 g/mol. The molecule has 0 spiro atoms. The standard InChI is InChI=1S/C26H30N4O2/c1-2-14-27-25(31)22-12-17-29(18-13-22)26(32)24-7-4-3-6-23(24)21-10-8-20(9-11-21)19-30-16-5-15-28-30/h3-11,15-16,22H,2,12-14,17-19H2,1H3,(H,27,31). The molecule has 0 radical (unpaired) electrons. The van der Waals surface area contributed by atoms with Crippen LogP contribution in [0.2, 0.25) is 0 Å². The van der Waals surface area contributed by atoms with E-state index in [4.69, 9.17) is 0 Å². The van der Waals surface area contributed by atoms with E-state index < -0.39 is 0 Å². The Morgan fingerprint density at radius 2 is 1.78 bits per heavy atom. The molecule has 0 bridgehead atoms. The lowest BCUT2D eigenvalue weighted by Crippen LogP contribution is -2.43. The van der Waals surface area contributed by atoms with Crippen molar-refractivity contribution in [1.82, 2.24) is 20.0 Å². The molecule has 2 amide bonds. The number of aromatic nitrogens is 2. The fourth-order valence-electron chi connectivity index (χ4n) is 4.20. The van der Waals surface area contributed by atoms with E-state index in [1.54, 1.807) is 6.20 Å². The van der Waals surface area contributed by atoms with Crippen LogP contribution in [0.3, 0.4) is 0 Å². The van der Waals surface area contributed by atoms with Gasteiger partial charge in [-0.25, -0.2) is 0 Å². The molecule has 3 aromatic rings. The van der Waals surface area contributed by atoms with Gasteiger partial charge < -0.3 is 10.2 Å². The minimum Gasteiger partial charge on any atom is -0.356 e. The van der Waals surface area contributed by atoms with Crippen molar-refractivity contribution in [2.24, 2.45) is 5.92 Å². The van der Waals surface area contributed by atoms with Crippen molar-refractivity contribution in [3.8, 4) is 11.1 Å². The first-order valence-electron chi connectivity index (χ1n) is 11.4. The molecule has 6 nitrogen and oxygen atoms in total. The van der Waals surface area contributed by atoms with Gasteiger partial charge in [0.05, 0.1) is 6.54 Å². The van der Waals surface area contributed by atoms with E-state index in [1.807, 2.05) is 53.0 Å². The second kappa shape index (κ2) is 10.3. The molecular weight excluding hydrogens is 400 g/mol. The van der Waals surface area contributed by atoms with Gasteiger partial charge in [0.2, 0.25) is 5.91 Å². The minimum atomic E-state index is 0.00294. The van der Waals surface area contributed by atoms with E-state index in [9.17, 15) is 9.59 Å². The van der Waals surface area contributed by atoms with Crippen LogP contribution in [0.1, 0.15) is 42.1 Å². The normalized spacial score (nSPS) is 14.3. The van der Waals surface area contributed by atoms with Crippen LogP contribution in [0.25, 0.3) is 11.1 Å². The van der Waals surface area contributed by atoms with Gasteiger partial charge in [-0.1, -0.05) is 49.4 Å². The largest absolute Gasteiger partial charge is 0.356 e. The van der Waals surface area contributed by atoms with E-state index in [0.717, 1.165) is 23.1 Å². The zero-order valence-corrected chi connectivity index (χ0v) is 18.5. The number of carbonyl (C=O) groups is 2. The van der Waals surface area contributed by atoms with Gasteiger partial charge in [-0.2, -0.15) is 5.10 Å². The molecule has 166 valence electrons. The highest BCUT2D eigenvalue weighted by Crippen LogP contribution is 2.27. The lowest BCUT2D eigenvalue weighted by atomic mass is 9.94. The number of hydrogen-bond acceptors (Lipinski definition) is 3. The molecule has 1 aromatic heterocycles. The van der Waals surface area contributed by atoms with Gasteiger partial charge in [-0.15, -0.1) is 0 Å². The van der Waals surface area contributed by atoms with Crippen LogP contribution < -0.4 is 5.32 Å². The fourth-order valence-corrected chi connectivity index (χ4v) is 4.20. The first-order valence-corrected chi connectivity index (χ1v) is 11.4. The summed E-state index contributed by atoms with van der Waals surface area (Å²) >= 11 is 0. The molecule has 1 saturated heterocycles. The minimum absolute atomic E-state index is 0.00294. The van der Waals surface area contributed by atoms with Crippen molar-refractivity contribution in [2.75, 3.05) is 19.6 Å². The zero-order chi connectivity index (χ0) is 22.3. The lowest BCUT2D eigenvalue weighted by Gasteiger charge is -2.32. The van der Waals surface area contributed by atoms with Crippen LogP contribution in [0.15, 0.2) is 67.0 Å². The van der Waals surface area contributed by atoms with Crippen LogP contribution in [-0.2, 0) is 11.3 Å². The summed E-state index contributed by atoms with van der Waals surface area (Å²) in [7, 11) is 0. The van der Waals surface area contributed by atoms with Gasteiger partial charge >= 0.3 is 0 Å². The Balaban J connectivity index is 1.44. The summed E-state index contributed by atoms with van der Waals surface area (Å²) in [5, 5.41) is 7.23. The van der Waals surface area contributed by atoms with Gasteiger partial charge in [0.15, 0.2) is 0 Å². The van der Waals surface area contributed by atoms with Gasteiger partial charge in [0.25, 0.3) is 5.91 Å². The summed E-state index contributed by atoms with van der Waals surface area (Å²) in [6.45, 7) is 4.70. The lowest BCUT2D eigenvalue weighted by molar-refractivity contribution is -0.126. The molecule has 1 aliphatic heterocycles. The molecule has 1 aliphatic rings. The van der Waals surface area contributed by atoms with E-state index in [2.05, 4.69) is 34.7 Å². The van der Waals surface area contributed by atoms with E-state index in [1.165, 1.54) is 0 Å². The Hall–Kier alpha value is -3.41. The number of nitrogens with one attached hydrogen (secondary N) is 1. The maximum absolute atomic E-state index is 13.3. The summed E-state index contributed by atoms with van der Waals surface area (Å²) in [4.78, 5) is 27.5. The molecule has 0 unspecified atom stereocenters. The van der Waals surface area contributed by atoms with Gasteiger partial charge in [-0.3, -0.25) is 14.3 Å². The topological polar surface area (TPSA) is 67.2 Å². The number of piperidine rings is 1. The van der Waals surface area contributed by atoms with Crippen LogP contribution in [0, 0.1) is 5.92 Å². The quantitative estimate of drug-likeness (QED) is 0.617. The summed E-state index contributed by atoms with van der Waals surface area (Å²) in [5.74, 6) is 0.159. The summed E-state index contributed by atoms with van der Waals surface area (Å²) in [6, 6.07) is 18.0. The molecule has 2 heterocycles. The number of likely N-dealkylation sites (tertiary alicyclic amines) is 1. The van der Waals surface area contributed by atoms with Crippen LogP contribution in [0.5, 0.6) is 0 Å².